The number of nitrogens with zero attached hydrogens (tertiary/aromatic N) is 4. The quantitative estimate of drug-likeness (QED) is 0.823. The fourth-order valence-electron chi connectivity index (χ4n) is 5.53. The molecule has 0 bridgehead atoms. The molecule has 2 aromatic rings. The second-order valence-electron chi connectivity index (χ2n) is 9.52. The van der Waals surface area contributed by atoms with Crippen LogP contribution in [0, 0.1) is 5.41 Å². The molecule has 1 aromatic heterocycles. The summed E-state index contributed by atoms with van der Waals surface area (Å²) in [5.41, 5.74) is 1.19. The van der Waals surface area contributed by atoms with E-state index in [-0.39, 0.29) is 23.3 Å². The SMILES string of the molecule is O=C(NC1CCCC1)c1nnc2n1CCC1(CC2)CCN(C(=O)Cc2ccccc2)C1. The van der Waals surface area contributed by atoms with Gasteiger partial charge in [0.15, 0.2) is 0 Å². The fraction of sp³-hybridized carbons (Fsp3) is 0.583. The van der Waals surface area contributed by atoms with E-state index in [1.54, 1.807) is 0 Å². The third-order valence-corrected chi connectivity index (χ3v) is 7.45. The van der Waals surface area contributed by atoms with Crippen molar-refractivity contribution in [3.05, 3.63) is 47.5 Å². The zero-order valence-corrected chi connectivity index (χ0v) is 18.1. The third kappa shape index (κ3) is 4.23. The molecule has 1 atom stereocenters. The van der Waals surface area contributed by atoms with Gasteiger partial charge < -0.3 is 14.8 Å². The summed E-state index contributed by atoms with van der Waals surface area (Å²) >= 11 is 0. The Bertz CT molecular complexity index is 950. The Morgan fingerprint density at radius 1 is 1.03 bits per heavy atom. The van der Waals surface area contributed by atoms with Crippen LogP contribution < -0.4 is 5.32 Å². The van der Waals surface area contributed by atoms with Crippen LogP contribution >= 0.6 is 0 Å². The van der Waals surface area contributed by atoms with Gasteiger partial charge in [0.1, 0.15) is 5.82 Å². The van der Waals surface area contributed by atoms with Crippen molar-refractivity contribution >= 4 is 11.8 Å². The van der Waals surface area contributed by atoms with Gasteiger partial charge in [-0.05, 0) is 43.1 Å². The number of hydrogen-bond acceptors (Lipinski definition) is 4. The van der Waals surface area contributed by atoms with Gasteiger partial charge in [-0.25, -0.2) is 0 Å². The first-order valence-electron chi connectivity index (χ1n) is 11.7. The molecule has 1 spiro atoms. The van der Waals surface area contributed by atoms with Crippen LogP contribution in [0.1, 0.15) is 67.0 Å². The van der Waals surface area contributed by atoms with Crippen LogP contribution in [0.5, 0.6) is 0 Å². The van der Waals surface area contributed by atoms with E-state index in [4.69, 9.17) is 0 Å². The average molecular weight is 422 g/mol. The van der Waals surface area contributed by atoms with Crippen LogP contribution in [0.2, 0.25) is 0 Å². The van der Waals surface area contributed by atoms with Crippen molar-refractivity contribution in [3.63, 3.8) is 0 Å². The van der Waals surface area contributed by atoms with Crippen molar-refractivity contribution in [1.82, 2.24) is 25.0 Å². The van der Waals surface area contributed by atoms with Crippen LogP contribution in [0.4, 0.5) is 0 Å². The molecule has 2 amide bonds. The van der Waals surface area contributed by atoms with Crippen molar-refractivity contribution in [2.45, 2.75) is 70.4 Å². The number of likely N-dealkylation sites (tertiary alicyclic amines) is 1. The molecular formula is C24H31N5O2. The summed E-state index contributed by atoms with van der Waals surface area (Å²) in [5, 5.41) is 11.7. The summed E-state index contributed by atoms with van der Waals surface area (Å²) in [7, 11) is 0. The first-order chi connectivity index (χ1) is 15.1. The Labute approximate surface area is 183 Å². The third-order valence-electron chi connectivity index (χ3n) is 7.45. The molecule has 31 heavy (non-hydrogen) atoms. The molecule has 1 saturated carbocycles. The molecule has 1 saturated heterocycles. The van der Waals surface area contributed by atoms with Crippen molar-refractivity contribution in [2.75, 3.05) is 13.1 Å². The molecule has 3 aliphatic rings. The zero-order valence-electron chi connectivity index (χ0n) is 18.1. The smallest absolute Gasteiger partial charge is 0.289 e. The fourth-order valence-corrected chi connectivity index (χ4v) is 5.53. The zero-order chi connectivity index (χ0) is 21.3. The summed E-state index contributed by atoms with van der Waals surface area (Å²) in [4.78, 5) is 27.7. The number of fused-ring (bicyclic) bond motifs is 1. The molecule has 7 nitrogen and oxygen atoms in total. The molecule has 1 unspecified atom stereocenters. The molecular weight excluding hydrogens is 390 g/mol. The van der Waals surface area contributed by atoms with E-state index in [9.17, 15) is 9.59 Å². The van der Waals surface area contributed by atoms with Crippen molar-refractivity contribution in [2.24, 2.45) is 5.41 Å². The van der Waals surface area contributed by atoms with Crippen LogP contribution in [0.3, 0.4) is 0 Å². The number of carbonyl (C=O) groups excluding carboxylic acids is 2. The molecule has 164 valence electrons. The van der Waals surface area contributed by atoms with Crippen molar-refractivity contribution in [1.29, 1.82) is 0 Å². The maximum absolute atomic E-state index is 12.8. The van der Waals surface area contributed by atoms with Gasteiger partial charge in [-0.15, -0.1) is 10.2 Å². The van der Waals surface area contributed by atoms with Crippen LogP contribution in [-0.2, 0) is 24.2 Å². The highest BCUT2D eigenvalue weighted by Crippen LogP contribution is 2.41. The molecule has 1 aliphatic carbocycles. The van der Waals surface area contributed by atoms with Crippen molar-refractivity contribution < 1.29 is 9.59 Å². The number of carbonyl (C=O) groups is 2. The summed E-state index contributed by atoms with van der Waals surface area (Å²) in [6, 6.07) is 10.2. The van der Waals surface area contributed by atoms with E-state index < -0.39 is 0 Å². The average Bonchev–Trinajstić information content (AvgIpc) is 3.50. The lowest BCUT2D eigenvalue weighted by molar-refractivity contribution is -0.129. The van der Waals surface area contributed by atoms with E-state index in [0.29, 0.717) is 12.2 Å². The lowest BCUT2D eigenvalue weighted by Crippen LogP contribution is -2.35. The van der Waals surface area contributed by atoms with Gasteiger partial charge >= 0.3 is 0 Å². The minimum atomic E-state index is -0.0901. The van der Waals surface area contributed by atoms with E-state index in [1.165, 1.54) is 12.8 Å². The van der Waals surface area contributed by atoms with Gasteiger partial charge in [-0.1, -0.05) is 43.2 Å². The maximum Gasteiger partial charge on any atom is 0.289 e. The van der Waals surface area contributed by atoms with Gasteiger partial charge in [0, 0.05) is 32.1 Å². The number of hydrogen-bond donors (Lipinski definition) is 1. The van der Waals surface area contributed by atoms with E-state index in [0.717, 1.165) is 69.5 Å². The van der Waals surface area contributed by atoms with Crippen molar-refractivity contribution in [3.8, 4) is 0 Å². The standard InChI is InChI=1S/C24H31N5O2/c30-21(16-18-6-2-1-3-7-18)28-14-12-24(17-28)11-10-20-26-27-22(29(20)15-13-24)23(31)25-19-8-4-5-9-19/h1-3,6-7,19H,4-5,8-17H2,(H,25,31). The highest BCUT2D eigenvalue weighted by Gasteiger charge is 2.41. The molecule has 2 aliphatic heterocycles. The maximum atomic E-state index is 12.8. The van der Waals surface area contributed by atoms with Crippen LogP contribution in [0.25, 0.3) is 0 Å². The molecule has 0 radical (unpaired) electrons. The number of amides is 2. The van der Waals surface area contributed by atoms with Gasteiger partial charge in [0.05, 0.1) is 6.42 Å². The normalized spacial score (nSPS) is 23.7. The van der Waals surface area contributed by atoms with Gasteiger partial charge in [0.2, 0.25) is 11.7 Å². The minimum absolute atomic E-state index is 0.0901. The van der Waals surface area contributed by atoms with E-state index in [2.05, 4.69) is 15.5 Å². The molecule has 1 aromatic carbocycles. The number of rotatable bonds is 4. The number of aromatic nitrogens is 3. The highest BCUT2D eigenvalue weighted by molar-refractivity contribution is 5.91. The van der Waals surface area contributed by atoms with E-state index in [1.807, 2.05) is 39.8 Å². The lowest BCUT2D eigenvalue weighted by Gasteiger charge is -2.27. The largest absolute Gasteiger partial charge is 0.347 e. The summed E-state index contributed by atoms with van der Waals surface area (Å²) in [6.07, 6.45) is 8.73. The predicted molar refractivity (Wildman–Crippen MR) is 116 cm³/mol. The minimum Gasteiger partial charge on any atom is -0.347 e. The molecule has 1 N–H and O–H groups in total. The summed E-state index contributed by atoms with van der Waals surface area (Å²) < 4.78 is 2.02. The van der Waals surface area contributed by atoms with Gasteiger partial charge in [-0.2, -0.15) is 0 Å². The molecule has 3 heterocycles. The van der Waals surface area contributed by atoms with Gasteiger partial charge in [0.25, 0.3) is 5.91 Å². The molecule has 7 heteroatoms. The lowest BCUT2D eigenvalue weighted by atomic mass is 9.80. The second-order valence-corrected chi connectivity index (χ2v) is 9.52. The Hall–Kier alpha value is -2.70. The van der Waals surface area contributed by atoms with Gasteiger partial charge in [-0.3, -0.25) is 9.59 Å². The predicted octanol–water partition coefficient (Wildman–Crippen LogP) is 2.75. The Morgan fingerprint density at radius 2 is 1.81 bits per heavy atom. The number of benzene rings is 1. The number of nitrogens with one attached hydrogen (secondary N) is 1. The Balaban J connectivity index is 1.22. The summed E-state index contributed by atoms with van der Waals surface area (Å²) in [5.74, 6) is 1.48. The Kier molecular flexibility index (Phi) is 5.50. The van der Waals surface area contributed by atoms with Crippen LogP contribution in [0.15, 0.2) is 30.3 Å². The first kappa shape index (κ1) is 20.2. The topological polar surface area (TPSA) is 80.1 Å². The second kappa shape index (κ2) is 8.44. The summed E-state index contributed by atoms with van der Waals surface area (Å²) in [6.45, 7) is 2.37. The van der Waals surface area contributed by atoms with E-state index >= 15 is 0 Å². The monoisotopic (exact) mass is 421 g/mol. The highest BCUT2D eigenvalue weighted by atomic mass is 16.2. The Morgan fingerprint density at radius 3 is 2.61 bits per heavy atom. The van der Waals surface area contributed by atoms with Crippen LogP contribution in [-0.4, -0.2) is 50.6 Å². The number of aryl methyl sites for hydroxylation is 1. The first-order valence-corrected chi connectivity index (χ1v) is 11.7. The molecule has 2 fully saturated rings. The molecule has 5 rings (SSSR count).